The highest BCUT2D eigenvalue weighted by molar-refractivity contribution is 7.89. The molecule has 0 spiro atoms. The first-order valence-electron chi connectivity index (χ1n) is 6.77. The molecule has 3 rings (SSSR count). The molecule has 2 aliphatic rings. The Kier molecular flexibility index (Phi) is 3.66. The molecule has 1 heterocycles. The van der Waals surface area contributed by atoms with Gasteiger partial charge in [0.25, 0.3) is 0 Å². The lowest BCUT2D eigenvalue weighted by Crippen LogP contribution is -2.37. The lowest BCUT2D eigenvalue weighted by molar-refractivity contribution is 0.322. The van der Waals surface area contributed by atoms with Gasteiger partial charge in [-0.05, 0) is 37.5 Å². The average molecular weight is 316 g/mol. The Morgan fingerprint density at radius 1 is 1.30 bits per heavy atom. The van der Waals surface area contributed by atoms with E-state index in [4.69, 9.17) is 17.3 Å². The summed E-state index contributed by atoms with van der Waals surface area (Å²) in [5.74, 6) is 0. The third-order valence-electron chi connectivity index (χ3n) is 3.88. The van der Waals surface area contributed by atoms with E-state index in [0.29, 0.717) is 11.1 Å². The molecular formula is C13H18ClN3O2S. The number of likely N-dealkylation sites (tertiary alicyclic amines) is 1. The summed E-state index contributed by atoms with van der Waals surface area (Å²) in [6, 6.07) is 5.05. The topological polar surface area (TPSA) is 75.4 Å². The maximum Gasteiger partial charge on any atom is 0.240 e. The molecule has 1 aromatic carbocycles. The molecular weight excluding hydrogens is 298 g/mol. The zero-order chi connectivity index (χ0) is 14.3. The molecule has 0 bridgehead atoms. The molecule has 0 amide bonds. The fourth-order valence-corrected chi connectivity index (χ4v) is 4.05. The molecule has 20 heavy (non-hydrogen) atoms. The van der Waals surface area contributed by atoms with Gasteiger partial charge in [-0.1, -0.05) is 11.6 Å². The summed E-state index contributed by atoms with van der Waals surface area (Å²) in [4.78, 5) is 2.54. The number of nitrogens with two attached hydrogens (primary N) is 1. The summed E-state index contributed by atoms with van der Waals surface area (Å²) in [5.41, 5.74) is 5.94. The van der Waals surface area contributed by atoms with Crippen LogP contribution in [0, 0.1) is 0 Å². The maximum absolute atomic E-state index is 12.3. The van der Waals surface area contributed by atoms with Gasteiger partial charge in [0.2, 0.25) is 10.0 Å². The number of nitrogen functional groups attached to an aromatic ring is 1. The van der Waals surface area contributed by atoms with Crippen LogP contribution in [0.15, 0.2) is 23.1 Å². The van der Waals surface area contributed by atoms with Crippen LogP contribution in [0.5, 0.6) is 0 Å². The third kappa shape index (κ3) is 2.93. The lowest BCUT2D eigenvalue weighted by atomic mass is 10.3. The van der Waals surface area contributed by atoms with Gasteiger partial charge in [-0.15, -0.1) is 0 Å². The first kappa shape index (κ1) is 14.1. The van der Waals surface area contributed by atoms with Crippen LogP contribution < -0.4 is 10.5 Å². The summed E-state index contributed by atoms with van der Waals surface area (Å²) < 4.78 is 27.4. The van der Waals surface area contributed by atoms with Crippen LogP contribution in [0.2, 0.25) is 5.02 Å². The molecule has 2 fully saturated rings. The third-order valence-corrected chi connectivity index (χ3v) is 5.74. The van der Waals surface area contributed by atoms with E-state index >= 15 is 0 Å². The molecule has 1 aromatic rings. The van der Waals surface area contributed by atoms with Crippen LogP contribution in [0.4, 0.5) is 5.69 Å². The second-order valence-electron chi connectivity index (χ2n) is 5.52. The van der Waals surface area contributed by atoms with Gasteiger partial charge in [0.1, 0.15) is 0 Å². The molecule has 1 atom stereocenters. The smallest absolute Gasteiger partial charge is 0.240 e. The van der Waals surface area contributed by atoms with Gasteiger partial charge in [-0.25, -0.2) is 13.1 Å². The van der Waals surface area contributed by atoms with Gasteiger partial charge in [-0.2, -0.15) is 0 Å². The van der Waals surface area contributed by atoms with E-state index in [2.05, 4.69) is 9.62 Å². The van der Waals surface area contributed by atoms with Crippen molar-refractivity contribution in [3.8, 4) is 0 Å². The normalized spacial score (nSPS) is 24.1. The Morgan fingerprint density at radius 3 is 2.70 bits per heavy atom. The van der Waals surface area contributed by atoms with Gasteiger partial charge in [0, 0.05) is 25.2 Å². The quantitative estimate of drug-likeness (QED) is 0.824. The van der Waals surface area contributed by atoms with Crippen molar-refractivity contribution in [3.05, 3.63) is 23.2 Å². The number of hydrogen-bond acceptors (Lipinski definition) is 4. The zero-order valence-electron chi connectivity index (χ0n) is 11.0. The van der Waals surface area contributed by atoms with Crippen molar-refractivity contribution >= 4 is 27.3 Å². The summed E-state index contributed by atoms with van der Waals surface area (Å²) in [5, 5.41) is 0.365. The van der Waals surface area contributed by atoms with Crippen molar-refractivity contribution in [3.63, 3.8) is 0 Å². The van der Waals surface area contributed by atoms with Gasteiger partial charge in [0.15, 0.2) is 0 Å². The Hall–Kier alpha value is -0.820. The number of anilines is 1. The van der Waals surface area contributed by atoms with Crippen LogP contribution in [0.25, 0.3) is 0 Å². The highest BCUT2D eigenvalue weighted by atomic mass is 35.5. The second-order valence-corrected chi connectivity index (χ2v) is 7.64. The lowest BCUT2D eigenvalue weighted by Gasteiger charge is -2.16. The molecule has 0 radical (unpaired) electrons. The van der Waals surface area contributed by atoms with Crippen molar-refractivity contribution in [2.45, 2.75) is 36.2 Å². The summed E-state index contributed by atoms with van der Waals surface area (Å²) in [6.45, 7) is 1.77. The van der Waals surface area contributed by atoms with Crippen LogP contribution in [-0.4, -0.2) is 38.5 Å². The summed E-state index contributed by atoms with van der Waals surface area (Å²) in [7, 11) is -3.53. The number of halogens is 1. The SMILES string of the molecule is Nc1cc(S(=O)(=O)NC2CCN(C3CC3)C2)ccc1Cl. The van der Waals surface area contributed by atoms with Crippen molar-refractivity contribution in [2.75, 3.05) is 18.8 Å². The fourth-order valence-electron chi connectivity index (χ4n) is 2.63. The first-order chi connectivity index (χ1) is 9.45. The van der Waals surface area contributed by atoms with Gasteiger partial charge < -0.3 is 5.73 Å². The Morgan fingerprint density at radius 2 is 2.05 bits per heavy atom. The van der Waals surface area contributed by atoms with Crippen molar-refractivity contribution in [2.24, 2.45) is 0 Å². The van der Waals surface area contributed by atoms with Crippen molar-refractivity contribution < 1.29 is 8.42 Å². The number of benzene rings is 1. The summed E-state index contributed by atoms with van der Waals surface area (Å²) in [6.07, 6.45) is 3.35. The minimum absolute atomic E-state index is 0.0162. The van der Waals surface area contributed by atoms with Crippen LogP contribution >= 0.6 is 11.6 Å². The van der Waals surface area contributed by atoms with E-state index in [1.54, 1.807) is 0 Å². The molecule has 110 valence electrons. The maximum atomic E-state index is 12.3. The van der Waals surface area contributed by atoms with E-state index < -0.39 is 10.0 Å². The predicted octanol–water partition coefficient (Wildman–Crippen LogP) is 1.44. The molecule has 1 saturated heterocycles. The molecule has 1 aliphatic heterocycles. The standard InChI is InChI=1S/C13H18ClN3O2S/c14-12-4-3-11(7-13(12)15)20(18,19)16-9-5-6-17(8-9)10-1-2-10/h3-4,7,9-10,16H,1-2,5-6,8,15H2. The largest absolute Gasteiger partial charge is 0.397 e. The van der Waals surface area contributed by atoms with E-state index in [-0.39, 0.29) is 16.6 Å². The zero-order valence-corrected chi connectivity index (χ0v) is 12.6. The number of nitrogens with one attached hydrogen (secondary N) is 1. The minimum Gasteiger partial charge on any atom is -0.397 e. The summed E-state index contributed by atoms with van der Waals surface area (Å²) >= 11 is 5.82. The number of nitrogens with zero attached hydrogens (tertiary/aromatic N) is 1. The van der Waals surface area contributed by atoms with Crippen LogP contribution in [0.1, 0.15) is 19.3 Å². The average Bonchev–Trinajstić information content (AvgIpc) is 3.14. The van der Waals surface area contributed by atoms with Crippen LogP contribution in [-0.2, 0) is 10.0 Å². The molecule has 1 saturated carbocycles. The fraction of sp³-hybridized carbons (Fsp3) is 0.538. The van der Waals surface area contributed by atoms with E-state index in [0.717, 1.165) is 19.5 Å². The van der Waals surface area contributed by atoms with Gasteiger partial charge in [-0.3, -0.25) is 4.90 Å². The van der Waals surface area contributed by atoms with E-state index in [1.165, 1.54) is 31.0 Å². The van der Waals surface area contributed by atoms with E-state index in [9.17, 15) is 8.42 Å². The molecule has 5 nitrogen and oxygen atoms in total. The number of sulfonamides is 1. The highest BCUT2D eigenvalue weighted by Gasteiger charge is 2.35. The highest BCUT2D eigenvalue weighted by Crippen LogP contribution is 2.30. The van der Waals surface area contributed by atoms with Crippen LogP contribution in [0.3, 0.4) is 0 Å². The van der Waals surface area contributed by atoms with Crippen molar-refractivity contribution in [1.82, 2.24) is 9.62 Å². The molecule has 3 N–H and O–H groups in total. The molecule has 7 heteroatoms. The van der Waals surface area contributed by atoms with Gasteiger partial charge in [0.05, 0.1) is 15.6 Å². The molecule has 1 aliphatic carbocycles. The van der Waals surface area contributed by atoms with E-state index in [1.807, 2.05) is 0 Å². The number of hydrogen-bond donors (Lipinski definition) is 2. The Bertz CT molecular complexity index is 616. The Labute approximate surface area is 124 Å². The Balaban J connectivity index is 1.70. The van der Waals surface area contributed by atoms with Gasteiger partial charge >= 0.3 is 0 Å². The second kappa shape index (κ2) is 5.18. The molecule has 0 aromatic heterocycles. The molecule has 1 unspecified atom stereocenters. The number of rotatable bonds is 4. The van der Waals surface area contributed by atoms with Crippen molar-refractivity contribution in [1.29, 1.82) is 0 Å². The first-order valence-corrected chi connectivity index (χ1v) is 8.63. The predicted molar refractivity (Wildman–Crippen MR) is 79.2 cm³/mol. The monoisotopic (exact) mass is 315 g/mol. The minimum atomic E-state index is -3.53.